The Balaban J connectivity index is 1.80. The fourth-order valence-corrected chi connectivity index (χ4v) is 2.04. The van der Waals surface area contributed by atoms with Crippen LogP contribution in [0.5, 0.6) is 11.5 Å². The Hall–Kier alpha value is -2.07. The van der Waals surface area contributed by atoms with E-state index in [9.17, 15) is 4.39 Å². The van der Waals surface area contributed by atoms with Crippen molar-refractivity contribution in [1.29, 1.82) is 0 Å². The van der Waals surface area contributed by atoms with Crippen molar-refractivity contribution in [1.82, 2.24) is 5.32 Å². The Labute approximate surface area is 124 Å². The van der Waals surface area contributed by atoms with Crippen molar-refractivity contribution in [3.8, 4) is 11.5 Å². The maximum Gasteiger partial charge on any atom is 0.123 e. The van der Waals surface area contributed by atoms with E-state index >= 15 is 0 Å². The van der Waals surface area contributed by atoms with E-state index in [1.54, 1.807) is 6.07 Å². The Bertz CT molecular complexity index is 587. The molecule has 2 aromatic rings. The number of nitrogens with one attached hydrogen (secondary N) is 1. The summed E-state index contributed by atoms with van der Waals surface area (Å²) < 4.78 is 24.2. The maximum atomic E-state index is 13.0. The molecule has 0 fully saturated rings. The van der Waals surface area contributed by atoms with E-state index in [0.29, 0.717) is 19.0 Å². The molecule has 0 amide bonds. The second kappa shape index (κ2) is 7.64. The summed E-state index contributed by atoms with van der Waals surface area (Å²) in [6, 6.07) is 12.4. The molecule has 0 spiro atoms. The van der Waals surface area contributed by atoms with Crippen LogP contribution < -0.4 is 14.8 Å². The van der Waals surface area contributed by atoms with Gasteiger partial charge in [-0.2, -0.15) is 0 Å². The molecule has 112 valence electrons. The van der Waals surface area contributed by atoms with Crippen molar-refractivity contribution in [2.75, 3.05) is 20.3 Å². The highest BCUT2D eigenvalue weighted by molar-refractivity contribution is 5.32. The molecular formula is C17H20FNO2. The van der Waals surface area contributed by atoms with Gasteiger partial charge in [-0.15, -0.1) is 0 Å². The number of halogens is 1. The van der Waals surface area contributed by atoms with Crippen LogP contribution in [0.3, 0.4) is 0 Å². The first-order valence-corrected chi connectivity index (χ1v) is 6.94. The van der Waals surface area contributed by atoms with Crippen molar-refractivity contribution >= 4 is 0 Å². The van der Waals surface area contributed by atoms with Gasteiger partial charge in [0.2, 0.25) is 0 Å². The van der Waals surface area contributed by atoms with Crippen molar-refractivity contribution in [3.05, 3.63) is 59.4 Å². The van der Waals surface area contributed by atoms with Gasteiger partial charge in [-0.1, -0.05) is 12.1 Å². The van der Waals surface area contributed by atoms with E-state index in [0.717, 1.165) is 17.9 Å². The normalized spacial score (nSPS) is 10.4. The average Bonchev–Trinajstić information content (AvgIpc) is 2.46. The van der Waals surface area contributed by atoms with Crippen molar-refractivity contribution < 1.29 is 13.9 Å². The summed E-state index contributed by atoms with van der Waals surface area (Å²) >= 11 is 0. The Kier molecular flexibility index (Phi) is 5.58. The predicted octanol–water partition coefficient (Wildman–Crippen LogP) is 3.31. The first-order valence-electron chi connectivity index (χ1n) is 6.94. The highest BCUT2D eigenvalue weighted by Gasteiger charge is 2.01. The monoisotopic (exact) mass is 289 g/mol. The summed E-state index contributed by atoms with van der Waals surface area (Å²) in [4.78, 5) is 0. The van der Waals surface area contributed by atoms with Gasteiger partial charge < -0.3 is 14.8 Å². The maximum absolute atomic E-state index is 13.0. The van der Waals surface area contributed by atoms with Crippen molar-refractivity contribution in [3.63, 3.8) is 0 Å². The van der Waals surface area contributed by atoms with Gasteiger partial charge in [0.05, 0.1) is 0 Å². The summed E-state index contributed by atoms with van der Waals surface area (Å²) in [5.74, 6) is 1.25. The lowest BCUT2D eigenvalue weighted by Crippen LogP contribution is -2.10. The molecule has 3 nitrogen and oxygen atoms in total. The van der Waals surface area contributed by atoms with Gasteiger partial charge in [0.1, 0.15) is 30.5 Å². The molecule has 2 rings (SSSR count). The van der Waals surface area contributed by atoms with Gasteiger partial charge in [-0.25, -0.2) is 4.39 Å². The van der Waals surface area contributed by atoms with Crippen LogP contribution in [0.2, 0.25) is 0 Å². The van der Waals surface area contributed by atoms with Crippen molar-refractivity contribution in [2.24, 2.45) is 0 Å². The lowest BCUT2D eigenvalue weighted by molar-refractivity contribution is 0.216. The molecular weight excluding hydrogens is 269 g/mol. The van der Waals surface area contributed by atoms with Crippen LogP contribution in [-0.4, -0.2) is 20.3 Å². The molecule has 0 aromatic heterocycles. The smallest absolute Gasteiger partial charge is 0.123 e. The number of hydrogen-bond acceptors (Lipinski definition) is 3. The Morgan fingerprint density at radius 1 is 1.05 bits per heavy atom. The lowest BCUT2D eigenvalue weighted by Gasteiger charge is -2.11. The standard InChI is InChI=1S/C17H20FNO2/c1-13-10-15(18)6-7-17(13)21-9-8-20-16-5-3-4-14(11-16)12-19-2/h3-7,10-11,19H,8-9,12H2,1-2H3. The van der Waals surface area contributed by atoms with Gasteiger partial charge >= 0.3 is 0 Å². The zero-order valence-corrected chi connectivity index (χ0v) is 12.4. The van der Waals surface area contributed by atoms with Crippen LogP contribution in [0.1, 0.15) is 11.1 Å². The molecule has 1 N–H and O–H groups in total. The quantitative estimate of drug-likeness (QED) is 0.793. The summed E-state index contributed by atoms with van der Waals surface area (Å²) in [6.45, 7) is 3.49. The molecule has 0 aliphatic carbocycles. The topological polar surface area (TPSA) is 30.5 Å². The summed E-state index contributed by atoms with van der Waals surface area (Å²) in [5, 5.41) is 3.10. The second-order valence-electron chi connectivity index (χ2n) is 4.78. The predicted molar refractivity (Wildman–Crippen MR) is 81.3 cm³/mol. The van der Waals surface area contributed by atoms with E-state index in [-0.39, 0.29) is 5.82 Å². The van der Waals surface area contributed by atoms with Crippen LogP contribution in [-0.2, 0) is 6.54 Å². The summed E-state index contributed by atoms with van der Waals surface area (Å²) in [6.07, 6.45) is 0. The zero-order chi connectivity index (χ0) is 15.1. The van der Waals surface area contributed by atoms with Gasteiger partial charge in [-0.3, -0.25) is 0 Å². The summed E-state index contributed by atoms with van der Waals surface area (Å²) in [7, 11) is 1.91. The minimum Gasteiger partial charge on any atom is -0.490 e. The molecule has 0 aliphatic heterocycles. The Morgan fingerprint density at radius 3 is 2.62 bits per heavy atom. The number of rotatable bonds is 7. The van der Waals surface area contributed by atoms with Crippen LogP contribution in [0.15, 0.2) is 42.5 Å². The zero-order valence-electron chi connectivity index (χ0n) is 12.4. The van der Waals surface area contributed by atoms with Crippen LogP contribution in [0, 0.1) is 12.7 Å². The SMILES string of the molecule is CNCc1cccc(OCCOc2ccc(F)cc2C)c1. The van der Waals surface area contributed by atoms with Gasteiger partial charge in [0, 0.05) is 6.54 Å². The third-order valence-corrected chi connectivity index (χ3v) is 3.03. The largest absolute Gasteiger partial charge is 0.490 e. The fraction of sp³-hybridized carbons (Fsp3) is 0.294. The minimum atomic E-state index is -0.252. The molecule has 0 atom stereocenters. The molecule has 0 aliphatic rings. The molecule has 2 aromatic carbocycles. The molecule has 0 saturated carbocycles. The van der Waals surface area contributed by atoms with Gasteiger partial charge in [0.15, 0.2) is 0 Å². The van der Waals surface area contributed by atoms with Crippen molar-refractivity contribution in [2.45, 2.75) is 13.5 Å². The second-order valence-corrected chi connectivity index (χ2v) is 4.78. The first-order chi connectivity index (χ1) is 10.2. The highest BCUT2D eigenvalue weighted by atomic mass is 19.1. The Morgan fingerprint density at radius 2 is 1.86 bits per heavy atom. The fourth-order valence-electron chi connectivity index (χ4n) is 2.04. The summed E-state index contributed by atoms with van der Waals surface area (Å²) in [5.41, 5.74) is 1.95. The molecule has 0 saturated heterocycles. The van der Waals surface area contributed by atoms with Crippen LogP contribution in [0.25, 0.3) is 0 Å². The molecule has 21 heavy (non-hydrogen) atoms. The number of benzene rings is 2. The number of hydrogen-bond donors (Lipinski definition) is 1. The highest BCUT2D eigenvalue weighted by Crippen LogP contribution is 2.18. The van der Waals surface area contributed by atoms with E-state index in [2.05, 4.69) is 5.32 Å². The average molecular weight is 289 g/mol. The van der Waals surface area contributed by atoms with Crippen LogP contribution in [0.4, 0.5) is 4.39 Å². The van der Waals surface area contributed by atoms with Gasteiger partial charge in [-0.05, 0) is 55.4 Å². The molecule has 0 bridgehead atoms. The minimum absolute atomic E-state index is 0.252. The van der Waals surface area contributed by atoms with E-state index in [1.165, 1.54) is 17.7 Å². The van der Waals surface area contributed by atoms with E-state index < -0.39 is 0 Å². The first kappa shape index (κ1) is 15.3. The molecule has 0 radical (unpaired) electrons. The molecule has 0 unspecified atom stereocenters. The van der Waals surface area contributed by atoms with E-state index in [4.69, 9.17) is 9.47 Å². The van der Waals surface area contributed by atoms with E-state index in [1.807, 2.05) is 38.2 Å². The van der Waals surface area contributed by atoms with Gasteiger partial charge in [0.25, 0.3) is 0 Å². The molecule has 4 heteroatoms. The number of aryl methyl sites for hydroxylation is 1. The lowest BCUT2D eigenvalue weighted by atomic mass is 10.2. The third kappa shape index (κ3) is 4.76. The van der Waals surface area contributed by atoms with Crippen LogP contribution >= 0.6 is 0 Å². The number of ether oxygens (including phenoxy) is 2. The molecule has 0 heterocycles. The third-order valence-electron chi connectivity index (χ3n) is 3.03.